The van der Waals surface area contributed by atoms with Gasteiger partial charge in [-0.15, -0.1) is 11.3 Å². The van der Waals surface area contributed by atoms with E-state index in [9.17, 15) is 4.79 Å². The molecule has 1 N–H and O–H groups in total. The van der Waals surface area contributed by atoms with E-state index in [4.69, 9.17) is 4.74 Å². The predicted octanol–water partition coefficient (Wildman–Crippen LogP) is 3.55. The molecule has 122 valence electrons. The van der Waals surface area contributed by atoms with Crippen molar-refractivity contribution in [1.82, 2.24) is 10.3 Å². The normalized spacial score (nSPS) is 10.3. The van der Waals surface area contributed by atoms with E-state index >= 15 is 0 Å². The average molecular weight is 338 g/mol. The van der Waals surface area contributed by atoms with Crippen LogP contribution in [-0.4, -0.2) is 24.0 Å². The molecule has 1 heterocycles. The van der Waals surface area contributed by atoms with Crippen molar-refractivity contribution in [1.29, 1.82) is 0 Å². The van der Waals surface area contributed by atoms with E-state index in [0.717, 1.165) is 16.3 Å². The third kappa shape index (κ3) is 4.67. The van der Waals surface area contributed by atoms with Crippen LogP contribution in [0.1, 0.15) is 5.69 Å². The van der Waals surface area contributed by atoms with Crippen LogP contribution in [0, 0.1) is 0 Å². The number of carbonyl (C=O) groups is 1. The van der Waals surface area contributed by atoms with Gasteiger partial charge in [0.2, 0.25) is 0 Å². The molecule has 1 amide bonds. The van der Waals surface area contributed by atoms with E-state index in [-0.39, 0.29) is 12.5 Å². The van der Waals surface area contributed by atoms with Gasteiger partial charge in [-0.05, 0) is 12.1 Å². The lowest BCUT2D eigenvalue weighted by atomic mass is 10.2. The molecular formula is C19H18N2O2S. The Morgan fingerprint density at radius 1 is 1.04 bits per heavy atom. The van der Waals surface area contributed by atoms with Gasteiger partial charge in [0.1, 0.15) is 10.8 Å². The molecule has 0 unspecified atom stereocenters. The smallest absolute Gasteiger partial charge is 0.257 e. The van der Waals surface area contributed by atoms with Gasteiger partial charge in [-0.3, -0.25) is 4.79 Å². The molecule has 0 saturated heterocycles. The summed E-state index contributed by atoms with van der Waals surface area (Å²) < 4.78 is 5.41. The number of ether oxygens (including phenoxy) is 1. The standard InChI is InChI=1S/C19H18N2O2S/c22-18(13-23-17-9-5-2-6-10-17)20-12-11-16-14-24-19(21-16)15-7-3-1-4-8-15/h1-10,14H,11-13H2,(H,20,22). The molecule has 3 aromatic rings. The lowest BCUT2D eigenvalue weighted by Gasteiger charge is -2.06. The first-order valence-corrected chi connectivity index (χ1v) is 8.63. The number of para-hydroxylation sites is 1. The van der Waals surface area contributed by atoms with E-state index < -0.39 is 0 Å². The van der Waals surface area contributed by atoms with Crippen LogP contribution in [0.15, 0.2) is 66.0 Å². The number of nitrogens with zero attached hydrogens (tertiary/aromatic N) is 1. The molecule has 0 radical (unpaired) electrons. The number of hydrogen-bond donors (Lipinski definition) is 1. The predicted molar refractivity (Wildman–Crippen MR) is 96.2 cm³/mol. The molecule has 3 rings (SSSR count). The molecule has 4 nitrogen and oxygen atoms in total. The topological polar surface area (TPSA) is 51.2 Å². The summed E-state index contributed by atoms with van der Waals surface area (Å²) in [5.74, 6) is 0.567. The Kier molecular flexibility index (Phi) is 5.58. The summed E-state index contributed by atoms with van der Waals surface area (Å²) in [6.07, 6.45) is 0.709. The zero-order valence-electron chi connectivity index (χ0n) is 13.1. The van der Waals surface area contributed by atoms with E-state index in [1.807, 2.05) is 66.0 Å². The molecule has 0 spiro atoms. The fourth-order valence-corrected chi connectivity index (χ4v) is 3.04. The van der Waals surface area contributed by atoms with Gasteiger partial charge in [-0.2, -0.15) is 0 Å². The third-order valence-electron chi connectivity index (χ3n) is 3.39. The van der Waals surface area contributed by atoms with Crippen LogP contribution >= 0.6 is 11.3 Å². The molecule has 0 aliphatic rings. The van der Waals surface area contributed by atoms with Crippen LogP contribution in [0.25, 0.3) is 10.6 Å². The fourth-order valence-electron chi connectivity index (χ4n) is 2.18. The highest BCUT2D eigenvalue weighted by Gasteiger charge is 2.06. The molecule has 0 aliphatic heterocycles. The second-order valence-corrected chi connectivity index (χ2v) is 6.07. The molecule has 2 aromatic carbocycles. The summed E-state index contributed by atoms with van der Waals surface area (Å²) >= 11 is 1.62. The lowest BCUT2D eigenvalue weighted by Crippen LogP contribution is -2.30. The summed E-state index contributed by atoms with van der Waals surface area (Å²) in [7, 11) is 0. The van der Waals surface area contributed by atoms with Crippen molar-refractivity contribution in [3.05, 3.63) is 71.7 Å². The summed E-state index contributed by atoms with van der Waals surface area (Å²) in [4.78, 5) is 16.4. The van der Waals surface area contributed by atoms with Gasteiger partial charge in [0, 0.05) is 23.9 Å². The largest absolute Gasteiger partial charge is 0.484 e. The second kappa shape index (κ2) is 8.26. The summed E-state index contributed by atoms with van der Waals surface area (Å²) in [5.41, 5.74) is 2.11. The van der Waals surface area contributed by atoms with Crippen LogP contribution in [0.4, 0.5) is 0 Å². The first kappa shape index (κ1) is 16.2. The lowest BCUT2D eigenvalue weighted by molar-refractivity contribution is -0.123. The first-order chi connectivity index (χ1) is 11.8. The molecule has 0 saturated carbocycles. The first-order valence-electron chi connectivity index (χ1n) is 7.75. The summed E-state index contributed by atoms with van der Waals surface area (Å²) in [5, 5.41) is 5.89. The Morgan fingerprint density at radius 3 is 2.50 bits per heavy atom. The highest BCUT2D eigenvalue weighted by atomic mass is 32.1. The molecule has 1 aromatic heterocycles. The number of aromatic nitrogens is 1. The van der Waals surface area contributed by atoms with Crippen molar-refractivity contribution in [2.24, 2.45) is 0 Å². The summed E-state index contributed by atoms with van der Waals surface area (Å²) in [6.45, 7) is 0.575. The molecule has 0 atom stereocenters. The Labute approximate surface area is 145 Å². The van der Waals surface area contributed by atoms with Crippen molar-refractivity contribution in [2.75, 3.05) is 13.2 Å². The van der Waals surface area contributed by atoms with Crippen molar-refractivity contribution < 1.29 is 9.53 Å². The maximum absolute atomic E-state index is 11.8. The molecule has 24 heavy (non-hydrogen) atoms. The van der Waals surface area contributed by atoms with Crippen molar-refractivity contribution in [2.45, 2.75) is 6.42 Å². The Bertz CT molecular complexity index is 772. The van der Waals surface area contributed by atoms with Crippen molar-refractivity contribution >= 4 is 17.2 Å². The minimum atomic E-state index is -0.127. The maximum Gasteiger partial charge on any atom is 0.257 e. The van der Waals surface area contributed by atoms with Crippen LogP contribution < -0.4 is 10.1 Å². The number of amides is 1. The molecule has 5 heteroatoms. The zero-order valence-corrected chi connectivity index (χ0v) is 14.0. The van der Waals surface area contributed by atoms with Crippen LogP contribution in [-0.2, 0) is 11.2 Å². The SMILES string of the molecule is O=C(COc1ccccc1)NCCc1csc(-c2ccccc2)n1. The highest BCUT2D eigenvalue weighted by Crippen LogP contribution is 2.23. The molecule has 0 bridgehead atoms. The number of carbonyl (C=O) groups excluding carboxylic acids is 1. The van der Waals surface area contributed by atoms with Crippen LogP contribution in [0.5, 0.6) is 5.75 Å². The van der Waals surface area contributed by atoms with Gasteiger partial charge in [-0.1, -0.05) is 48.5 Å². The van der Waals surface area contributed by atoms with E-state index in [2.05, 4.69) is 10.3 Å². The van der Waals surface area contributed by atoms with Gasteiger partial charge in [0.25, 0.3) is 5.91 Å². The molecule has 0 fully saturated rings. The fraction of sp³-hybridized carbons (Fsp3) is 0.158. The van der Waals surface area contributed by atoms with Crippen molar-refractivity contribution in [3.8, 4) is 16.3 Å². The minimum absolute atomic E-state index is 0.0242. The van der Waals surface area contributed by atoms with Gasteiger partial charge >= 0.3 is 0 Å². The van der Waals surface area contributed by atoms with E-state index in [1.165, 1.54) is 0 Å². The number of hydrogen-bond acceptors (Lipinski definition) is 4. The number of nitrogens with one attached hydrogen (secondary N) is 1. The van der Waals surface area contributed by atoms with Gasteiger partial charge < -0.3 is 10.1 Å². The Hall–Kier alpha value is -2.66. The molecule has 0 aliphatic carbocycles. The second-order valence-electron chi connectivity index (χ2n) is 5.21. The van der Waals surface area contributed by atoms with E-state index in [1.54, 1.807) is 11.3 Å². The Balaban J connectivity index is 1.42. The highest BCUT2D eigenvalue weighted by molar-refractivity contribution is 7.13. The minimum Gasteiger partial charge on any atom is -0.484 e. The third-order valence-corrected chi connectivity index (χ3v) is 4.33. The summed E-state index contributed by atoms with van der Waals surface area (Å²) in [6, 6.07) is 19.4. The number of benzene rings is 2. The van der Waals surface area contributed by atoms with E-state index in [0.29, 0.717) is 18.7 Å². The number of thiazole rings is 1. The van der Waals surface area contributed by atoms with Crippen LogP contribution in [0.2, 0.25) is 0 Å². The monoisotopic (exact) mass is 338 g/mol. The quantitative estimate of drug-likeness (QED) is 0.717. The average Bonchev–Trinajstić information content (AvgIpc) is 3.11. The maximum atomic E-state index is 11.8. The Morgan fingerprint density at radius 2 is 1.75 bits per heavy atom. The van der Waals surface area contributed by atoms with Crippen LogP contribution in [0.3, 0.4) is 0 Å². The number of rotatable bonds is 7. The van der Waals surface area contributed by atoms with Gasteiger partial charge in [0.15, 0.2) is 6.61 Å². The van der Waals surface area contributed by atoms with Crippen molar-refractivity contribution in [3.63, 3.8) is 0 Å². The molecular weight excluding hydrogens is 320 g/mol. The van der Waals surface area contributed by atoms with Gasteiger partial charge in [-0.25, -0.2) is 4.98 Å². The zero-order chi connectivity index (χ0) is 16.6. The van der Waals surface area contributed by atoms with Gasteiger partial charge in [0.05, 0.1) is 5.69 Å².